The molecular formula is C25H32N8O7. The summed E-state index contributed by atoms with van der Waals surface area (Å²) in [7, 11) is 0. The number of amides is 4. The third-order valence-electron chi connectivity index (χ3n) is 6.19. The highest BCUT2D eigenvalue weighted by atomic mass is 16.4. The van der Waals surface area contributed by atoms with Gasteiger partial charge >= 0.3 is 5.97 Å². The monoisotopic (exact) mass is 556 g/mol. The number of aromatic amines is 2. The van der Waals surface area contributed by atoms with Crippen molar-refractivity contribution in [1.29, 1.82) is 0 Å². The maximum Gasteiger partial charge on any atom is 0.326 e. The average molecular weight is 557 g/mol. The van der Waals surface area contributed by atoms with Gasteiger partial charge in [0, 0.05) is 41.8 Å². The first-order chi connectivity index (χ1) is 19.0. The van der Waals surface area contributed by atoms with Gasteiger partial charge in [-0.15, -0.1) is 0 Å². The highest BCUT2D eigenvalue weighted by Crippen LogP contribution is 2.19. The lowest BCUT2D eigenvalue weighted by Gasteiger charge is -2.25. The van der Waals surface area contributed by atoms with Gasteiger partial charge in [0.1, 0.15) is 24.2 Å². The summed E-state index contributed by atoms with van der Waals surface area (Å²) >= 11 is 0. The van der Waals surface area contributed by atoms with Gasteiger partial charge in [-0.3, -0.25) is 19.2 Å². The smallest absolute Gasteiger partial charge is 0.326 e. The fourth-order valence-electron chi connectivity index (χ4n) is 3.99. The van der Waals surface area contributed by atoms with Crippen molar-refractivity contribution < 1.29 is 34.2 Å². The van der Waals surface area contributed by atoms with Crippen LogP contribution in [0.5, 0.6) is 0 Å². The number of carbonyl (C=O) groups excluding carboxylic acids is 4. The van der Waals surface area contributed by atoms with Gasteiger partial charge < -0.3 is 47.6 Å². The highest BCUT2D eigenvalue weighted by Gasteiger charge is 2.32. The third kappa shape index (κ3) is 7.87. The summed E-state index contributed by atoms with van der Waals surface area (Å²) in [6, 6.07) is 1.71. The number of nitrogens with zero attached hydrogens (tertiary/aromatic N) is 1. The Hall–Kier alpha value is -4.76. The van der Waals surface area contributed by atoms with Crippen LogP contribution in [0.1, 0.15) is 24.6 Å². The number of nitrogens with one attached hydrogen (secondary N) is 5. The molecule has 0 aliphatic carbocycles. The number of benzene rings is 1. The second kappa shape index (κ2) is 13.3. The van der Waals surface area contributed by atoms with Gasteiger partial charge in [0.15, 0.2) is 0 Å². The molecule has 214 valence electrons. The van der Waals surface area contributed by atoms with Crippen LogP contribution >= 0.6 is 0 Å². The first-order valence-corrected chi connectivity index (χ1v) is 12.3. The van der Waals surface area contributed by atoms with Crippen molar-refractivity contribution in [2.75, 3.05) is 0 Å². The molecule has 15 nitrogen and oxygen atoms in total. The Balaban J connectivity index is 1.89. The molecule has 0 spiro atoms. The van der Waals surface area contributed by atoms with Crippen molar-refractivity contribution in [3.63, 3.8) is 0 Å². The summed E-state index contributed by atoms with van der Waals surface area (Å²) < 4.78 is 0. The molecule has 4 amide bonds. The van der Waals surface area contributed by atoms with Crippen LogP contribution in [0.4, 0.5) is 0 Å². The van der Waals surface area contributed by atoms with E-state index in [1.54, 1.807) is 12.3 Å². The molecule has 0 saturated heterocycles. The number of carboxylic acids is 1. The summed E-state index contributed by atoms with van der Waals surface area (Å²) in [5.41, 5.74) is 12.7. The topological polar surface area (TPSA) is 258 Å². The molecule has 2 heterocycles. The SMILES string of the molecule is CC(O)C(N)C(=O)NC(Cc1cnc[nH]1)C(=O)NC(Cc1c[nH]c2ccccc12)C(=O)NC(CC(N)=O)C(=O)O. The lowest BCUT2D eigenvalue weighted by atomic mass is 10.0. The predicted octanol–water partition coefficient (Wildman–Crippen LogP) is -2.20. The number of hydrogen-bond donors (Lipinski definition) is 9. The van der Waals surface area contributed by atoms with E-state index >= 15 is 0 Å². The van der Waals surface area contributed by atoms with Crippen LogP contribution in [0.3, 0.4) is 0 Å². The number of para-hydroxylation sites is 1. The van der Waals surface area contributed by atoms with Crippen molar-refractivity contribution in [3.05, 3.63) is 54.2 Å². The van der Waals surface area contributed by atoms with E-state index < -0.39 is 66.3 Å². The quantitative estimate of drug-likeness (QED) is 0.104. The molecule has 0 fully saturated rings. The fourth-order valence-corrected chi connectivity index (χ4v) is 3.99. The zero-order valence-corrected chi connectivity index (χ0v) is 21.6. The lowest BCUT2D eigenvalue weighted by Crippen LogP contribution is -2.59. The lowest BCUT2D eigenvalue weighted by molar-refractivity contribution is -0.143. The van der Waals surface area contributed by atoms with Crippen LogP contribution in [0.25, 0.3) is 10.9 Å². The molecule has 2 aromatic heterocycles. The van der Waals surface area contributed by atoms with E-state index in [0.717, 1.165) is 10.9 Å². The summed E-state index contributed by atoms with van der Waals surface area (Å²) in [6.07, 6.45) is 2.48. The van der Waals surface area contributed by atoms with E-state index in [1.807, 2.05) is 18.2 Å². The number of hydrogen-bond acceptors (Lipinski definition) is 8. The molecule has 5 unspecified atom stereocenters. The minimum atomic E-state index is -1.63. The molecule has 0 aliphatic heterocycles. The number of aromatic nitrogens is 3. The van der Waals surface area contributed by atoms with Crippen molar-refractivity contribution in [3.8, 4) is 0 Å². The maximum absolute atomic E-state index is 13.5. The molecule has 0 saturated carbocycles. The average Bonchev–Trinajstić information content (AvgIpc) is 3.56. The van der Waals surface area contributed by atoms with Crippen molar-refractivity contribution in [2.24, 2.45) is 11.5 Å². The van der Waals surface area contributed by atoms with Gasteiger partial charge in [-0.1, -0.05) is 18.2 Å². The molecule has 5 atom stereocenters. The Bertz CT molecular complexity index is 1350. The minimum Gasteiger partial charge on any atom is -0.480 e. The first kappa shape index (κ1) is 29.8. The number of rotatable bonds is 14. The van der Waals surface area contributed by atoms with Crippen LogP contribution in [-0.4, -0.2) is 85.0 Å². The van der Waals surface area contributed by atoms with Crippen molar-refractivity contribution in [1.82, 2.24) is 30.9 Å². The van der Waals surface area contributed by atoms with Crippen molar-refractivity contribution >= 4 is 40.5 Å². The van der Waals surface area contributed by atoms with Gasteiger partial charge in [-0.05, 0) is 18.6 Å². The molecule has 15 heteroatoms. The molecule has 0 radical (unpaired) electrons. The number of aliphatic carboxylic acids is 1. The van der Waals surface area contributed by atoms with Crippen LogP contribution < -0.4 is 27.4 Å². The molecule has 3 aromatic rings. The van der Waals surface area contributed by atoms with E-state index in [1.165, 1.54) is 19.4 Å². The second-order valence-electron chi connectivity index (χ2n) is 9.30. The molecule has 0 aliphatic rings. The number of carbonyl (C=O) groups is 5. The van der Waals surface area contributed by atoms with E-state index in [-0.39, 0.29) is 12.8 Å². The zero-order chi connectivity index (χ0) is 29.4. The Morgan fingerprint density at radius 1 is 0.950 bits per heavy atom. The Morgan fingerprint density at radius 2 is 1.57 bits per heavy atom. The molecule has 1 aromatic carbocycles. The Morgan fingerprint density at radius 3 is 2.17 bits per heavy atom. The largest absolute Gasteiger partial charge is 0.480 e. The number of aliphatic hydroxyl groups excluding tert-OH is 1. The van der Waals surface area contributed by atoms with Gasteiger partial charge in [0.2, 0.25) is 23.6 Å². The molecule has 40 heavy (non-hydrogen) atoms. The van der Waals surface area contributed by atoms with Gasteiger partial charge in [0.05, 0.1) is 18.9 Å². The standard InChI is InChI=1S/C25H32N8O7/c1-12(34)21(27)24(38)32-18(7-14-10-28-11-30-14)23(37)31-17(22(36)33-19(25(39)40)8-20(26)35)6-13-9-29-16-5-3-2-4-15(13)16/h2-5,9-12,17-19,21,29,34H,6-8,27H2,1H3,(H2,26,35)(H,28,30)(H,31,37)(H,32,38)(H,33,36)(H,39,40). The second-order valence-corrected chi connectivity index (χ2v) is 9.30. The number of nitrogens with two attached hydrogens (primary N) is 2. The van der Waals surface area contributed by atoms with E-state index in [0.29, 0.717) is 11.3 Å². The molecule has 11 N–H and O–H groups in total. The Kier molecular flexibility index (Phi) is 9.94. The van der Waals surface area contributed by atoms with Gasteiger partial charge in [-0.25, -0.2) is 9.78 Å². The van der Waals surface area contributed by atoms with E-state index in [2.05, 4.69) is 30.9 Å². The number of fused-ring (bicyclic) bond motifs is 1. The van der Waals surface area contributed by atoms with Gasteiger partial charge in [-0.2, -0.15) is 0 Å². The minimum absolute atomic E-state index is 0.0645. The summed E-state index contributed by atoms with van der Waals surface area (Å²) in [4.78, 5) is 72.1. The van der Waals surface area contributed by atoms with Crippen LogP contribution in [0, 0.1) is 0 Å². The maximum atomic E-state index is 13.5. The normalized spacial score (nSPS) is 14.9. The molecule has 3 rings (SSSR count). The van der Waals surface area contributed by atoms with E-state index in [9.17, 15) is 34.2 Å². The van der Waals surface area contributed by atoms with Gasteiger partial charge in [0.25, 0.3) is 0 Å². The van der Waals surface area contributed by atoms with Crippen LogP contribution in [0.15, 0.2) is 43.0 Å². The number of primary amides is 1. The molecular weight excluding hydrogens is 524 g/mol. The number of H-pyrrole nitrogens is 2. The third-order valence-corrected chi connectivity index (χ3v) is 6.19. The highest BCUT2D eigenvalue weighted by molar-refractivity contribution is 5.95. The molecule has 0 bridgehead atoms. The first-order valence-electron chi connectivity index (χ1n) is 12.3. The van der Waals surface area contributed by atoms with Crippen molar-refractivity contribution in [2.45, 2.75) is 56.5 Å². The fraction of sp³-hybridized carbons (Fsp3) is 0.360. The summed E-state index contributed by atoms with van der Waals surface area (Å²) in [5.74, 6) is -4.91. The van der Waals surface area contributed by atoms with Crippen LogP contribution in [-0.2, 0) is 36.8 Å². The number of imidazole rings is 1. The Labute approximate surface area is 228 Å². The van der Waals surface area contributed by atoms with Crippen LogP contribution in [0.2, 0.25) is 0 Å². The summed E-state index contributed by atoms with van der Waals surface area (Å²) in [5, 5.41) is 27.2. The van der Waals surface area contributed by atoms with E-state index in [4.69, 9.17) is 11.5 Å². The summed E-state index contributed by atoms with van der Waals surface area (Å²) in [6.45, 7) is 1.32. The predicted molar refractivity (Wildman–Crippen MR) is 141 cm³/mol. The number of carboxylic acid groups (broad SMARTS) is 1. The number of aliphatic hydroxyl groups is 1. The zero-order valence-electron chi connectivity index (χ0n) is 21.6.